The molecule has 3 aromatic rings. The van der Waals surface area contributed by atoms with Gasteiger partial charge in [-0.1, -0.05) is 31.2 Å². The number of ether oxygens (including phenoxy) is 2. The number of carbonyl (C=O) groups is 1. The van der Waals surface area contributed by atoms with E-state index in [4.69, 9.17) is 9.47 Å². The molecule has 216 valence electrons. The molecule has 1 aliphatic rings. The van der Waals surface area contributed by atoms with Gasteiger partial charge in [-0.15, -0.1) is 0 Å². The highest BCUT2D eigenvalue weighted by molar-refractivity contribution is 7.89. The number of fused-ring (bicyclic) bond motifs is 1. The van der Waals surface area contributed by atoms with Gasteiger partial charge in [0.2, 0.25) is 15.9 Å². The second kappa shape index (κ2) is 12.9. The standard InChI is InChI=1S/C31H40N2O6S/c1-5-27-28(38-2)17-25(18-29(27)39-3)31(35)26(16-22-14-23-8-6-7-9-24(23)15-22)20-33-13-12-21(19-33)10-11-30(34)32-40(4,36)37/h6-9,12-13,17-19,22,26,31,35H,5,10-11,14-16,20H2,1-4H3,(H,32,34)/t26-,31-/m1/s1. The lowest BCUT2D eigenvalue weighted by Gasteiger charge is -2.27. The van der Waals surface area contributed by atoms with Gasteiger partial charge in [-0.2, -0.15) is 0 Å². The van der Waals surface area contributed by atoms with Gasteiger partial charge < -0.3 is 19.1 Å². The zero-order valence-electron chi connectivity index (χ0n) is 23.7. The van der Waals surface area contributed by atoms with Gasteiger partial charge in [-0.3, -0.25) is 9.52 Å². The Bertz CT molecular complexity index is 1380. The number of amides is 1. The van der Waals surface area contributed by atoms with Crippen molar-refractivity contribution in [1.29, 1.82) is 0 Å². The quantitative estimate of drug-likeness (QED) is 0.320. The molecule has 2 atom stereocenters. The number of hydrogen-bond donors (Lipinski definition) is 2. The van der Waals surface area contributed by atoms with E-state index in [0.29, 0.717) is 30.4 Å². The van der Waals surface area contributed by atoms with Crippen LogP contribution in [0.2, 0.25) is 0 Å². The molecule has 1 amide bonds. The topological polar surface area (TPSA) is 107 Å². The Morgan fingerprint density at radius 2 is 1.73 bits per heavy atom. The second-order valence-corrected chi connectivity index (χ2v) is 12.5. The van der Waals surface area contributed by atoms with E-state index in [9.17, 15) is 18.3 Å². The number of carbonyl (C=O) groups excluding carboxylic acids is 1. The Hall–Kier alpha value is -3.30. The van der Waals surface area contributed by atoms with Crippen LogP contribution >= 0.6 is 0 Å². The summed E-state index contributed by atoms with van der Waals surface area (Å²) in [6, 6.07) is 14.3. The molecule has 2 N–H and O–H groups in total. The highest BCUT2D eigenvalue weighted by Gasteiger charge is 2.30. The molecule has 0 aliphatic heterocycles. The van der Waals surface area contributed by atoms with Crippen molar-refractivity contribution in [2.75, 3.05) is 20.5 Å². The third-order valence-electron chi connectivity index (χ3n) is 7.74. The number of rotatable bonds is 13. The molecule has 1 aromatic heterocycles. The Labute approximate surface area is 237 Å². The number of nitrogens with zero attached hydrogens (tertiary/aromatic N) is 1. The van der Waals surface area contributed by atoms with Crippen molar-refractivity contribution in [3.63, 3.8) is 0 Å². The zero-order valence-corrected chi connectivity index (χ0v) is 24.5. The van der Waals surface area contributed by atoms with Crippen LogP contribution in [0.1, 0.15) is 53.7 Å². The maximum absolute atomic E-state index is 11.9. The first kappa shape index (κ1) is 29.7. The lowest BCUT2D eigenvalue weighted by atomic mass is 9.85. The maximum atomic E-state index is 11.9. The average molecular weight is 569 g/mol. The summed E-state index contributed by atoms with van der Waals surface area (Å²) < 4.78 is 38.0. The molecule has 0 saturated carbocycles. The fourth-order valence-electron chi connectivity index (χ4n) is 5.88. The van der Waals surface area contributed by atoms with Crippen LogP contribution in [-0.2, 0) is 47.0 Å². The molecule has 1 heterocycles. The minimum Gasteiger partial charge on any atom is -0.496 e. The van der Waals surface area contributed by atoms with Crippen LogP contribution in [-0.4, -0.2) is 44.5 Å². The summed E-state index contributed by atoms with van der Waals surface area (Å²) in [5.74, 6) is 1.22. The highest BCUT2D eigenvalue weighted by atomic mass is 32.2. The third kappa shape index (κ3) is 7.46. The minimum atomic E-state index is -3.57. The van der Waals surface area contributed by atoms with Gasteiger partial charge in [-0.05, 0) is 78.5 Å². The van der Waals surface area contributed by atoms with E-state index < -0.39 is 22.0 Å². The second-order valence-electron chi connectivity index (χ2n) is 10.8. The van der Waals surface area contributed by atoms with Crippen LogP contribution in [0.15, 0.2) is 54.9 Å². The molecular formula is C31H40N2O6S. The number of aliphatic hydroxyl groups excluding tert-OH is 1. The van der Waals surface area contributed by atoms with Crippen LogP contribution in [0.4, 0.5) is 0 Å². The van der Waals surface area contributed by atoms with Crippen molar-refractivity contribution in [2.45, 2.75) is 58.1 Å². The summed E-state index contributed by atoms with van der Waals surface area (Å²) >= 11 is 0. The number of aliphatic hydroxyl groups is 1. The Balaban J connectivity index is 1.54. The average Bonchev–Trinajstić information content (AvgIpc) is 3.55. The molecule has 4 rings (SSSR count). The summed E-state index contributed by atoms with van der Waals surface area (Å²) in [5.41, 5.74) is 5.43. The predicted octanol–water partition coefficient (Wildman–Crippen LogP) is 4.23. The van der Waals surface area contributed by atoms with E-state index in [1.54, 1.807) is 14.2 Å². The number of nitrogens with one attached hydrogen (secondary N) is 1. The van der Waals surface area contributed by atoms with E-state index >= 15 is 0 Å². The van der Waals surface area contributed by atoms with E-state index in [-0.39, 0.29) is 12.3 Å². The zero-order chi connectivity index (χ0) is 28.9. The van der Waals surface area contributed by atoms with Gasteiger partial charge >= 0.3 is 0 Å². The largest absolute Gasteiger partial charge is 0.496 e. The van der Waals surface area contributed by atoms with Gasteiger partial charge in [0.05, 0.1) is 26.6 Å². The number of hydrogen-bond acceptors (Lipinski definition) is 6. The van der Waals surface area contributed by atoms with Gasteiger partial charge in [0.15, 0.2) is 0 Å². The predicted molar refractivity (Wildman–Crippen MR) is 155 cm³/mol. The number of methoxy groups -OCH3 is 2. The van der Waals surface area contributed by atoms with E-state index in [1.807, 2.05) is 42.2 Å². The molecule has 1 aliphatic carbocycles. The van der Waals surface area contributed by atoms with Crippen molar-refractivity contribution in [3.05, 3.63) is 82.7 Å². The van der Waals surface area contributed by atoms with Gasteiger partial charge in [0, 0.05) is 36.8 Å². The normalized spacial score (nSPS) is 14.9. The fraction of sp³-hybridized carbons (Fsp3) is 0.452. The summed E-state index contributed by atoms with van der Waals surface area (Å²) in [6.07, 6.45) is 8.22. The monoisotopic (exact) mass is 568 g/mol. The summed E-state index contributed by atoms with van der Waals surface area (Å²) in [6.45, 7) is 2.63. The van der Waals surface area contributed by atoms with Crippen LogP contribution < -0.4 is 14.2 Å². The Morgan fingerprint density at radius 1 is 1.10 bits per heavy atom. The molecule has 0 saturated heterocycles. The molecule has 0 spiro atoms. The van der Waals surface area contributed by atoms with Crippen molar-refractivity contribution in [1.82, 2.24) is 9.29 Å². The van der Waals surface area contributed by atoms with Gasteiger partial charge in [0.25, 0.3) is 0 Å². The summed E-state index contributed by atoms with van der Waals surface area (Å²) in [4.78, 5) is 11.9. The Morgan fingerprint density at radius 3 is 2.27 bits per heavy atom. The summed E-state index contributed by atoms with van der Waals surface area (Å²) in [7, 11) is -0.303. The van der Waals surface area contributed by atoms with E-state index in [1.165, 1.54) is 11.1 Å². The number of benzene rings is 2. The first-order valence-electron chi connectivity index (χ1n) is 13.7. The molecule has 0 bridgehead atoms. The van der Waals surface area contributed by atoms with Gasteiger partial charge in [-0.25, -0.2) is 8.42 Å². The molecule has 0 fully saturated rings. The smallest absolute Gasteiger partial charge is 0.233 e. The van der Waals surface area contributed by atoms with Crippen LogP contribution in [0.3, 0.4) is 0 Å². The molecule has 0 unspecified atom stereocenters. The molecule has 8 nitrogen and oxygen atoms in total. The van der Waals surface area contributed by atoms with Crippen molar-refractivity contribution in [2.24, 2.45) is 11.8 Å². The maximum Gasteiger partial charge on any atom is 0.233 e. The van der Waals surface area contributed by atoms with Crippen LogP contribution in [0.25, 0.3) is 0 Å². The van der Waals surface area contributed by atoms with Crippen molar-refractivity contribution >= 4 is 15.9 Å². The molecule has 0 radical (unpaired) electrons. The SMILES string of the molecule is CCc1c(OC)cc([C@@H](O)[C@H](CC2Cc3ccccc3C2)Cn2ccc(CCC(=O)NS(C)(=O)=O)c2)cc1OC. The molecule has 40 heavy (non-hydrogen) atoms. The number of sulfonamides is 1. The molecular weight excluding hydrogens is 528 g/mol. The van der Waals surface area contributed by atoms with Gasteiger partial charge in [0.1, 0.15) is 11.5 Å². The minimum absolute atomic E-state index is 0.0762. The first-order valence-corrected chi connectivity index (χ1v) is 15.6. The fourth-order valence-corrected chi connectivity index (χ4v) is 6.40. The van der Waals surface area contributed by atoms with Crippen LogP contribution in [0, 0.1) is 11.8 Å². The van der Waals surface area contributed by atoms with E-state index in [2.05, 4.69) is 28.8 Å². The van der Waals surface area contributed by atoms with Crippen molar-refractivity contribution < 1.29 is 27.8 Å². The van der Waals surface area contributed by atoms with Crippen LogP contribution in [0.5, 0.6) is 11.5 Å². The first-order chi connectivity index (χ1) is 19.1. The third-order valence-corrected chi connectivity index (χ3v) is 8.34. The number of aryl methyl sites for hydroxylation is 1. The molecule has 9 heteroatoms. The summed E-state index contributed by atoms with van der Waals surface area (Å²) in [5, 5.41) is 11.8. The highest BCUT2D eigenvalue weighted by Crippen LogP contribution is 2.39. The lowest BCUT2D eigenvalue weighted by Crippen LogP contribution is -2.29. The molecule has 2 aromatic carbocycles. The Kier molecular flexibility index (Phi) is 9.58. The number of aromatic nitrogens is 1. The lowest BCUT2D eigenvalue weighted by molar-refractivity contribution is -0.119. The van der Waals surface area contributed by atoms with E-state index in [0.717, 1.165) is 48.6 Å². The van der Waals surface area contributed by atoms with Crippen molar-refractivity contribution in [3.8, 4) is 11.5 Å².